The maximum atomic E-state index is 12.1. The van der Waals surface area contributed by atoms with E-state index in [4.69, 9.17) is 40.7 Å². The topological polar surface area (TPSA) is 80.7 Å². The van der Waals surface area contributed by atoms with Crippen LogP contribution in [0.1, 0.15) is 21.5 Å². The van der Waals surface area contributed by atoms with Gasteiger partial charge in [0, 0.05) is 0 Å². The van der Waals surface area contributed by atoms with Crippen LogP contribution >= 0.6 is 0 Å². The molecule has 0 fully saturated rings. The molecular weight excluding hydrogens is 287 g/mol. The van der Waals surface area contributed by atoms with Crippen LogP contribution in [0, 0.1) is 0 Å². The third-order valence-corrected chi connectivity index (χ3v) is 3.48. The summed E-state index contributed by atoms with van der Waals surface area (Å²) >= 11 is 0. The molecule has 1 aromatic carbocycles. The number of ether oxygens (including phenoxy) is 1. The lowest BCUT2D eigenvalue weighted by molar-refractivity contribution is 0.0526. The summed E-state index contributed by atoms with van der Waals surface area (Å²) in [6.07, 6.45) is -0.0797. The maximum Gasteiger partial charge on any atom is 0.338 e. The summed E-state index contributed by atoms with van der Waals surface area (Å²) in [6.45, 7) is -0.513. The molecule has 0 aromatic heterocycles. The highest BCUT2D eigenvalue weighted by molar-refractivity contribution is 7.85. The van der Waals surface area contributed by atoms with Gasteiger partial charge in [-0.25, -0.2) is 4.79 Å². The van der Waals surface area contributed by atoms with Crippen LogP contribution in [0.2, 0.25) is 0 Å². The summed E-state index contributed by atoms with van der Waals surface area (Å²) in [4.78, 5) is 12.1. The minimum atomic E-state index is -4.23. The summed E-state index contributed by atoms with van der Waals surface area (Å²) in [7, 11) is 18.4. The van der Waals surface area contributed by atoms with E-state index in [0.717, 1.165) is 0 Å². The predicted molar refractivity (Wildman–Crippen MR) is 82.8 cm³/mol. The van der Waals surface area contributed by atoms with Gasteiger partial charge in [0.15, 0.2) is 0 Å². The molecule has 5 nitrogen and oxygen atoms in total. The second-order valence-corrected chi connectivity index (χ2v) is 5.79. The van der Waals surface area contributed by atoms with Crippen molar-refractivity contribution in [3.63, 3.8) is 0 Å². The normalized spacial score (nSPS) is 11.3. The molecule has 0 saturated carbocycles. The lowest BCUT2D eigenvalue weighted by Crippen LogP contribution is -2.29. The largest absolute Gasteiger partial charge is 0.461 e. The molecule has 10 heteroatoms. The number of benzene rings is 1. The third kappa shape index (κ3) is 4.68. The monoisotopic (exact) mass is 298 g/mol. The van der Waals surface area contributed by atoms with Crippen LogP contribution in [-0.2, 0) is 27.5 Å². The molecule has 0 heterocycles. The number of rotatable bonds is 6. The van der Waals surface area contributed by atoms with Gasteiger partial charge in [0.25, 0.3) is 10.1 Å². The van der Waals surface area contributed by atoms with Crippen molar-refractivity contribution in [2.45, 2.75) is 12.6 Å². The van der Waals surface area contributed by atoms with Crippen molar-refractivity contribution in [3.05, 3.63) is 22.8 Å². The summed E-state index contributed by atoms with van der Waals surface area (Å²) in [6, 6.07) is 1.44. The Bertz CT molecular complexity index is 616. The number of hydrogen-bond acceptors (Lipinski definition) is 4. The molecule has 102 valence electrons. The Morgan fingerprint density at radius 1 is 1.14 bits per heavy atom. The Morgan fingerprint density at radius 2 is 1.62 bits per heavy atom. The van der Waals surface area contributed by atoms with Gasteiger partial charge in [0.1, 0.15) is 28.1 Å². The van der Waals surface area contributed by atoms with Crippen LogP contribution in [0.4, 0.5) is 0 Å². The molecule has 0 saturated heterocycles. The van der Waals surface area contributed by atoms with Crippen LogP contribution in [0.3, 0.4) is 0 Å². The van der Waals surface area contributed by atoms with Crippen LogP contribution in [0.25, 0.3) is 0 Å². The molecular formula is C11H10B4O5S. The minimum Gasteiger partial charge on any atom is -0.461 e. The van der Waals surface area contributed by atoms with Crippen LogP contribution in [-0.4, -0.2) is 62.7 Å². The van der Waals surface area contributed by atoms with E-state index in [0.29, 0.717) is 11.1 Å². The van der Waals surface area contributed by atoms with E-state index in [-0.39, 0.29) is 29.1 Å². The Morgan fingerprint density at radius 3 is 2.00 bits per heavy atom. The van der Waals surface area contributed by atoms with Gasteiger partial charge in [0.2, 0.25) is 0 Å². The molecule has 1 N–H and O–H groups in total. The zero-order valence-electron chi connectivity index (χ0n) is 11.2. The minimum absolute atomic E-state index is 0.0350. The maximum absolute atomic E-state index is 12.1. The quantitative estimate of drug-likeness (QED) is 0.361. The Kier molecular flexibility index (Phi) is 6.16. The molecule has 0 aliphatic heterocycles. The Labute approximate surface area is 129 Å². The number of carbonyl (C=O) groups is 1. The van der Waals surface area contributed by atoms with Crippen LogP contribution in [0.5, 0.6) is 0 Å². The fourth-order valence-corrected chi connectivity index (χ4v) is 2.10. The predicted octanol–water partition coefficient (Wildman–Crippen LogP) is -2.34. The van der Waals surface area contributed by atoms with Crippen LogP contribution in [0.15, 0.2) is 6.07 Å². The van der Waals surface area contributed by atoms with Gasteiger partial charge in [-0.3, -0.25) is 4.55 Å². The van der Waals surface area contributed by atoms with Gasteiger partial charge < -0.3 is 4.74 Å². The van der Waals surface area contributed by atoms with Crippen molar-refractivity contribution < 1.29 is 22.5 Å². The highest BCUT2D eigenvalue weighted by Crippen LogP contribution is 2.13. The second-order valence-electron chi connectivity index (χ2n) is 4.22. The average Bonchev–Trinajstić information content (AvgIpc) is 2.36. The molecule has 0 aliphatic rings. The summed E-state index contributed by atoms with van der Waals surface area (Å²) < 4.78 is 34.6. The summed E-state index contributed by atoms with van der Waals surface area (Å²) in [5.74, 6) is -1.56. The first-order valence-electron chi connectivity index (χ1n) is 5.93. The van der Waals surface area contributed by atoms with E-state index >= 15 is 0 Å². The standard InChI is InChI=1S/C11H10B4O5S/c12-4-6-8(14)3-9(15)7(5-13)10(6)11(16)20-1-2-21(17,18)19/h3H,1-2,4-5H2,(H,17,18,19). The van der Waals surface area contributed by atoms with E-state index in [1.54, 1.807) is 0 Å². The molecule has 8 radical (unpaired) electrons. The molecule has 1 aromatic rings. The van der Waals surface area contributed by atoms with Crippen molar-refractivity contribution >= 4 is 58.4 Å². The molecule has 0 aliphatic carbocycles. The molecule has 0 spiro atoms. The number of hydrogen-bond donors (Lipinski definition) is 1. The van der Waals surface area contributed by atoms with Crippen molar-refractivity contribution in [1.82, 2.24) is 0 Å². The Balaban J connectivity index is 3.12. The molecule has 1 rings (SSSR count). The number of carbonyl (C=O) groups excluding carboxylic acids is 1. The summed E-state index contributed by atoms with van der Waals surface area (Å²) in [5.41, 5.74) is 1.11. The average molecular weight is 298 g/mol. The molecule has 0 unspecified atom stereocenters. The first kappa shape index (κ1) is 17.9. The smallest absolute Gasteiger partial charge is 0.338 e. The van der Waals surface area contributed by atoms with Gasteiger partial charge in [0.05, 0.1) is 21.3 Å². The van der Waals surface area contributed by atoms with E-state index in [9.17, 15) is 13.2 Å². The van der Waals surface area contributed by atoms with Crippen LogP contribution < -0.4 is 10.9 Å². The fourth-order valence-electron chi connectivity index (χ4n) is 1.81. The van der Waals surface area contributed by atoms with Gasteiger partial charge in [-0.05, 0) is 11.1 Å². The molecule has 0 atom stereocenters. The van der Waals surface area contributed by atoms with E-state index in [1.807, 2.05) is 0 Å². The van der Waals surface area contributed by atoms with Crippen molar-refractivity contribution in [1.29, 1.82) is 0 Å². The van der Waals surface area contributed by atoms with Crippen molar-refractivity contribution in [2.24, 2.45) is 0 Å². The first-order valence-corrected chi connectivity index (χ1v) is 7.54. The van der Waals surface area contributed by atoms with Gasteiger partial charge in [-0.2, -0.15) is 8.42 Å². The highest BCUT2D eigenvalue weighted by atomic mass is 32.2. The van der Waals surface area contributed by atoms with Gasteiger partial charge in [-0.1, -0.05) is 29.6 Å². The SMILES string of the molecule is [B]Cc1c([B])cc([B])c(C[B])c1C(=O)OCCS(=O)(=O)O. The molecule has 0 amide bonds. The van der Waals surface area contributed by atoms with E-state index in [2.05, 4.69) is 0 Å². The van der Waals surface area contributed by atoms with Gasteiger partial charge in [-0.15, -0.1) is 0 Å². The second kappa shape index (κ2) is 7.22. The third-order valence-electron chi connectivity index (χ3n) is 2.80. The zero-order chi connectivity index (χ0) is 16.2. The first-order chi connectivity index (χ1) is 9.71. The van der Waals surface area contributed by atoms with E-state index in [1.165, 1.54) is 6.07 Å². The Hall–Kier alpha value is -1.14. The van der Waals surface area contributed by atoms with Crippen molar-refractivity contribution in [2.75, 3.05) is 12.4 Å². The van der Waals surface area contributed by atoms with E-state index < -0.39 is 28.4 Å². The molecule has 21 heavy (non-hydrogen) atoms. The van der Waals surface area contributed by atoms with Gasteiger partial charge >= 0.3 is 5.97 Å². The fraction of sp³-hybridized carbons (Fsp3) is 0.364. The molecule has 0 bridgehead atoms. The lowest BCUT2D eigenvalue weighted by Gasteiger charge is -2.18. The van der Waals surface area contributed by atoms with Crippen molar-refractivity contribution in [3.8, 4) is 0 Å². The number of esters is 1. The lowest BCUT2D eigenvalue weighted by atomic mass is 9.72. The summed E-state index contributed by atoms with van der Waals surface area (Å²) in [5, 5.41) is 0. The highest BCUT2D eigenvalue weighted by Gasteiger charge is 2.19. The zero-order valence-corrected chi connectivity index (χ0v) is 12.0.